The Kier molecular flexibility index (Phi) is 3.36. The lowest BCUT2D eigenvalue weighted by Crippen LogP contribution is -2.18. The van der Waals surface area contributed by atoms with Crippen molar-refractivity contribution < 1.29 is 22.3 Å². The molecule has 0 heterocycles. The summed E-state index contributed by atoms with van der Waals surface area (Å²) in [5, 5.41) is 0.133. The highest BCUT2D eigenvalue weighted by atomic mass is 79.9. The van der Waals surface area contributed by atoms with Crippen molar-refractivity contribution in [2.75, 3.05) is 0 Å². The SMILES string of the molecule is Fc1c(CBr)cccc1OC(F)(F)F. The van der Waals surface area contributed by atoms with Gasteiger partial charge in [0.15, 0.2) is 11.6 Å². The van der Waals surface area contributed by atoms with Crippen LogP contribution in [0.4, 0.5) is 17.6 Å². The van der Waals surface area contributed by atoms with Gasteiger partial charge in [0.05, 0.1) is 0 Å². The van der Waals surface area contributed by atoms with Gasteiger partial charge in [0.25, 0.3) is 0 Å². The molecule has 1 nitrogen and oxygen atoms in total. The Morgan fingerprint density at radius 2 is 1.93 bits per heavy atom. The van der Waals surface area contributed by atoms with Crippen molar-refractivity contribution in [2.45, 2.75) is 11.7 Å². The van der Waals surface area contributed by atoms with Gasteiger partial charge in [-0.2, -0.15) is 0 Å². The van der Waals surface area contributed by atoms with Gasteiger partial charge >= 0.3 is 6.36 Å². The topological polar surface area (TPSA) is 9.23 Å². The van der Waals surface area contributed by atoms with Crippen molar-refractivity contribution in [3.63, 3.8) is 0 Å². The molecule has 0 aliphatic heterocycles. The quantitative estimate of drug-likeness (QED) is 0.590. The van der Waals surface area contributed by atoms with Gasteiger partial charge in [-0.25, -0.2) is 4.39 Å². The van der Waals surface area contributed by atoms with E-state index in [1.165, 1.54) is 12.1 Å². The van der Waals surface area contributed by atoms with E-state index in [2.05, 4.69) is 20.7 Å². The molecule has 0 atom stereocenters. The molecule has 0 aliphatic carbocycles. The molecule has 1 aromatic rings. The zero-order chi connectivity index (χ0) is 10.8. The van der Waals surface area contributed by atoms with Crippen LogP contribution in [-0.4, -0.2) is 6.36 Å². The third kappa shape index (κ3) is 2.87. The molecule has 0 amide bonds. The Morgan fingerprint density at radius 3 is 2.43 bits per heavy atom. The minimum Gasteiger partial charge on any atom is -0.403 e. The zero-order valence-electron chi connectivity index (χ0n) is 6.74. The third-order valence-electron chi connectivity index (χ3n) is 1.41. The third-order valence-corrected chi connectivity index (χ3v) is 2.02. The Hall–Kier alpha value is -0.780. The number of rotatable bonds is 2. The first-order chi connectivity index (χ1) is 6.44. The summed E-state index contributed by atoms with van der Waals surface area (Å²) in [6, 6.07) is 3.59. The van der Waals surface area contributed by atoms with Crippen molar-refractivity contribution in [1.29, 1.82) is 0 Å². The van der Waals surface area contributed by atoms with Crippen LogP contribution in [0.5, 0.6) is 5.75 Å². The predicted octanol–water partition coefficient (Wildman–Crippen LogP) is 3.62. The number of hydrogen-bond acceptors (Lipinski definition) is 1. The molecule has 0 fully saturated rings. The standard InChI is InChI=1S/C8H5BrF4O/c9-4-5-2-1-3-6(7(5)10)14-8(11,12)13/h1-3H,4H2. The van der Waals surface area contributed by atoms with Gasteiger partial charge in [-0.05, 0) is 6.07 Å². The lowest BCUT2D eigenvalue weighted by molar-refractivity contribution is -0.275. The molecule has 0 saturated heterocycles. The van der Waals surface area contributed by atoms with E-state index in [4.69, 9.17) is 0 Å². The van der Waals surface area contributed by atoms with Crippen LogP contribution in [0.2, 0.25) is 0 Å². The normalized spacial score (nSPS) is 11.5. The van der Waals surface area contributed by atoms with Crippen molar-refractivity contribution in [1.82, 2.24) is 0 Å². The highest BCUT2D eigenvalue weighted by molar-refractivity contribution is 9.08. The smallest absolute Gasteiger partial charge is 0.403 e. The van der Waals surface area contributed by atoms with Crippen LogP contribution in [0.25, 0.3) is 0 Å². The van der Waals surface area contributed by atoms with Crippen LogP contribution in [0, 0.1) is 5.82 Å². The summed E-state index contributed by atoms with van der Waals surface area (Å²) >= 11 is 2.95. The van der Waals surface area contributed by atoms with Crippen LogP contribution in [-0.2, 0) is 5.33 Å². The van der Waals surface area contributed by atoms with E-state index >= 15 is 0 Å². The van der Waals surface area contributed by atoms with E-state index in [9.17, 15) is 17.6 Å². The van der Waals surface area contributed by atoms with Gasteiger partial charge in [0.2, 0.25) is 0 Å². The minimum absolute atomic E-state index is 0.117. The van der Waals surface area contributed by atoms with E-state index in [0.29, 0.717) is 0 Å². The molecule has 0 N–H and O–H groups in total. The van der Waals surface area contributed by atoms with Crippen LogP contribution in [0.3, 0.4) is 0 Å². The second kappa shape index (κ2) is 4.16. The fourth-order valence-electron chi connectivity index (χ4n) is 0.863. The summed E-state index contributed by atoms with van der Waals surface area (Å²) < 4.78 is 51.9. The van der Waals surface area contributed by atoms with Gasteiger partial charge in [-0.15, -0.1) is 13.2 Å². The molecule has 0 unspecified atom stereocenters. The van der Waals surface area contributed by atoms with Gasteiger partial charge in [0, 0.05) is 10.9 Å². The Morgan fingerprint density at radius 1 is 1.29 bits per heavy atom. The first-order valence-electron chi connectivity index (χ1n) is 3.53. The summed E-state index contributed by atoms with van der Waals surface area (Å²) in [6.07, 6.45) is -4.87. The first kappa shape index (κ1) is 11.3. The summed E-state index contributed by atoms with van der Waals surface area (Å²) in [6.45, 7) is 0. The van der Waals surface area contributed by atoms with Crippen molar-refractivity contribution >= 4 is 15.9 Å². The molecule has 0 saturated carbocycles. The molecule has 6 heteroatoms. The van der Waals surface area contributed by atoms with E-state index in [-0.39, 0.29) is 10.9 Å². The average molecular weight is 273 g/mol. The molecule has 0 aromatic heterocycles. The summed E-state index contributed by atoms with van der Waals surface area (Å²) in [5.74, 6) is -1.81. The Balaban J connectivity index is 2.98. The summed E-state index contributed by atoms with van der Waals surface area (Å²) in [7, 11) is 0. The molecule has 1 aromatic carbocycles. The molecule has 0 spiro atoms. The number of halogens is 5. The second-order valence-corrected chi connectivity index (χ2v) is 2.97. The zero-order valence-corrected chi connectivity index (χ0v) is 8.32. The highest BCUT2D eigenvalue weighted by Crippen LogP contribution is 2.27. The lowest BCUT2D eigenvalue weighted by atomic mass is 10.2. The van der Waals surface area contributed by atoms with Crippen molar-refractivity contribution in [2.24, 2.45) is 0 Å². The van der Waals surface area contributed by atoms with E-state index in [1.807, 2.05) is 0 Å². The summed E-state index contributed by atoms with van der Waals surface area (Å²) in [5.41, 5.74) is 0.117. The van der Waals surface area contributed by atoms with Crippen LogP contribution in [0.15, 0.2) is 18.2 Å². The van der Waals surface area contributed by atoms with E-state index < -0.39 is 17.9 Å². The number of alkyl halides is 4. The van der Waals surface area contributed by atoms with Crippen LogP contribution >= 0.6 is 15.9 Å². The van der Waals surface area contributed by atoms with Crippen molar-refractivity contribution in [3.05, 3.63) is 29.6 Å². The molecule has 0 aliphatic rings. The lowest BCUT2D eigenvalue weighted by Gasteiger charge is -2.10. The molecule has 1 rings (SSSR count). The van der Waals surface area contributed by atoms with Gasteiger partial charge in [-0.1, -0.05) is 28.1 Å². The van der Waals surface area contributed by atoms with Gasteiger partial charge in [-0.3, -0.25) is 0 Å². The highest BCUT2D eigenvalue weighted by Gasteiger charge is 2.32. The molecule has 78 valence electrons. The average Bonchev–Trinajstić information content (AvgIpc) is 2.06. The molecular formula is C8H5BrF4O. The Labute approximate surface area is 85.8 Å². The number of hydrogen-bond donors (Lipinski definition) is 0. The largest absolute Gasteiger partial charge is 0.573 e. The number of benzene rings is 1. The maximum absolute atomic E-state index is 13.1. The summed E-state index contributed by atoms with van der Waals surface area (Å²) in [4.78, 5) is 0. The predicted molar refractivity (Wildman–Crippen MR) is 45.7 cm³/mol. The fraction of sp³-hybridized carbons (Fsp3) is 0.250. The monoisotopic (exact) mass is 272 g/mol. The van der Waals surface area contributed by atoms with Crippen LogP contribution < -0.4 is 4.74 Å². The maximum Gasteiger partial charge on any atom is 0.573 e. The van der Waals surface area contributed by atoms with Crippen LogP contribution in [0.1, 0.15) is 5.56 Å². The fourth-order valence-corrected chi connectivity index (χ4v) is 1.30. The first-order valence-corrected chi connectivity index (χ1v) is 4.65. The Bertz CT molecular complexity index is 324. The molecule has 0 radical (unpaired) electrons. The number of ether oxygens (including phenoxy) is 1. The van der Waals surface area contributed by atoms with Crippen molar-refractivity contribution in [3.8, 4) is 5.75 Å². The van der Waals surface area contributed by atoms with Gasteiger partial charge in [0.1, 0.15) is 0 Å². The second-order valence-electron chi connectivity index (χ2n) is 2.41. The van der Waals surface area contributed by atoms with E-state index in [1.54, 1.807) is 0 Å². The van der Waals surface area contributed by atoms with Gasteiger partial charge < -0.3 is 4.74 Å². The maximum atomic E-state index is 13.1. The molecule has 0 bridgehead atoms. The molecular weight excluding hydrogens is 268 g/mol. The van der Waals surface area contributed by atoms with E-state index in [0.717, 1.165) is 6.07 Å². The molecule has 14 heavy (non-hydrogen) atoms. The minimum atomic E-state index is -4.87.